The van der Waals surface area contributed by atoms with Crippen LogP contribution in [0.2, 0.25) is 0 Å². The lowest BCUT2D eigenvalue weighted by Gasteiger charge is -2.15. The molecule has 92 valence electrons. The van der Waals surface area contributed by atoms with Crippen LogP contribution in [0.3, 0.4) is 0 Å². The zero-order chi connectivity index (χ0) is 12.4. The largest absolute Gasteiger partial charge is 0.324 e. The van der Waals surface area contributed by atoms with E-state index in [0.29, 0.717) is 0 Å². The molecule has 0 bridgehead atoms. The van der Waals surface area contributed by atoms with Crippen LogP contribution in [-0.2, 0) is 16.5 Å². The fraction of sp³-hybridized carbons (Fsp3) is 0.750. The Hall–Kier alpha value is -0.560. The van der Waals surface area contributed by atoms with Crippen LogP contribution in [0.1, 0.15) is 32.8 Å². The molecule has 0 unspecified atom stereocenters. The van der Waals surface area contributed by atoms with Crippen molar-refractivity contribution in [3.05, 3.63) is 18.0 Å². The Morgan fingerprint density at radius 2 is 2.00 bits per heavy atom. The van der Waals surface area contributed by atoms with Gasteiger partial charge in [-0.05, 0) is 30.7 Å². The van der Waals surface area contributed by atoms with E-state index in [2.05, 4.69) is 32.1 Å². The van der Waals surface area contributed by atoms with E-state index in [1.165, 1.54) is 5.56 Å². The molecule has 0 aliphatic rings. The van der Waals surface area contributed by atoms with Crippen molar-refractivity contribution in [3.63, 3.8) is 0 Å². The molecule has 1 rings (SSSR count). The fourth-order valence-electron chi connectivity index (χ4n) is 1.49. The Bertz CT molecular complexity index is 384. The molecule has 0 fully saturated rings. The van der Waals surface area contributed by atoms with E-state index in [9.17, 15) is 4.57 Å². The van der Waals surface area contributed by atoms with Gasteiger partial charge in [0, 0.05) is 18.9 Å². The second-order valence-corrected chi connectivity index (χ2v) is 9.49. The van der Waals surface area contributed by atoms with E-state index in [-0.39, 0.29) is 5.41 Å². The van der Waals surface area contributed by atoms with Crippen LogP contribution < -0.4 is 0 Å². The lowest BCUT2D eigenvalue weighted by Crippen LogP contribution is -2.09. The maximum Gasteiger partial charge on any atom is 0.0820 e. The van der Waals surface area contributed by atoms with Gasteiger partial charge in [0.1, 0.15) is 0 Å². The van der Waals surface area contributed by atoms with Gasteiger partial charge >= 0.3 is 0 Å². The maximum absolute atomic E-state index is 11.5. The molecule has 0 atom stereocenters. The number of aromatic nitrogens is 2. The molecule has 0 spiro atoms. The minimum atomic E-state index is -1.87. The Morgan fingerprint density at radius 1 is 1.38 bits per heavy atom. The second kappa shape index (κ2) is 4.75. The highest BCUT2D eigenvalue weighted by molar-refractivity contribution is 7.62. The minimum Gasteiger partial charge on any atom is -0.324 e. The highest BCUT2D eigenvalue weighted by Gasteiger charge is 2.15. The number of nitrogens with zero attached hydrogens (tertiary/aromatic N) is 2. The van der Waals surface area contributed by atoms with Crippen molar-refractivity contribution in [2.24, 2.45) is 0 Å². The Labute approximate surface area is 98.6 Å². The average Bonchev–Trinajstić information content (AvgIpc) is 2.49. The molecule has 0 amide bonds. The molecule has 3 nitrogen and oxygen atoms in total. The van der Waals surface area contributed by atoms with Crippen molar-refractivity contribution in [2.45, 2.75) is 39.2 Å². The first kappa shape index (κ1) is 13.5. The molecule has 0 aliphatic carbocycles. The van der Waals surface area contributed by atoms with Gasteiger partial charge in [0.05, 0.1) is 13.3 Å². The van der Waals surface area contributed by atoms with E-state index < -0.39 is 7.14 Å². The third-order valence-corrected chi connectivity index (χ3v) is 3.98. The molecule has 1 aromatic rings. The van der Waals surface area contributed by atoms with Crippen LogP contribution in [0.5, 0.6) is 0 Å². The van der Waals surface area contributed by atoms with Gasteiger partial charge in [-0.1, -0.05) is 20.8 Å². The Balaban J connectivity index is 2.51. The highest BCUT2D eigenvalue weighted by Crippen LogP contribution is 2.36. The van der Waals surface area contributed by atoms with Crippen LogP contribution in [0.4, 0.5) is 0 Å². The Kier molecular flexibility index (Phi) is 4.01. The first-order valence-corrected chi connectivity index (χ1v) is 8.54. The molecule has 1 heterocycles. The van der Waals surface area contributed by atoms with E-state index >= 15 is 0 Å². The van der Waals surface area contributed by atoms with Gasteiger partial charge in [0.25, 0.3) is 0 Å². The maximum atomic E-state index is 11.5. The molecule has 0 aliphatic heterocycles. The van der Waals surface area contributed by atoms with Crippen molar-refractivity contribution in [1.82, 2.24) is 9.78 Å². The van der Waals surface area contributed by atoms with Crippen molar-refractivity contribution >= 4 is 7.14 Å². The normalized spacial score (nSPS) is 13.1. The summed E-state index contributed by atoms with van der Waals surface area (Å²) in [6.45, 7) is 11.1. The summed E-state index contributed by atoms with van der Waals surface area (Å²) in [5.41, 5.74) is 1.41. The van der Waals surface area contributed by atoms with Crippen molar-refractivity contribution in [1.29, 1.82) is 0 Å². The molecule has 4 heteroatoms. The third kappa shape index (κ3) is 4.52. The summed E-state index contributed by atoms with van der Waals surface area (Å²) < 4.78 is 13.5. The lowest BCUT2D eigenvalue weighted by molar-refractivity contribution is 0.564. The van der Waals surface area contributed by atoms with E-state index in [0.717, 1.165) is 19.1 Å². The molecule has 16 heavy (non-hydrogen) atoms. The predicted octanol–water partition coefficient (Wildman–Crippen LogP) is 3.19. The molecule has 1 aromatic heterocycles. The number of aryl methyl sites for hydroxylation is 1. The molecule has 0 radical (unpaired) electrons. The first-order valence-electron chi connectivity index (χ1n) is 5.75. The summed E-state index contributed by atoms with van der Waals surface area (Å²) >= 11 is 0. The van der Waals surface area contributed by atoms with Gasteiger partial charge in [-0.2, -0.15) is 5.10 Å². The summed E-state index contributed by atoms with van der Waals surface area (Å²) in [7, 11) is -1.87. The van der Waals surface area contributed by atoms with Crippen LogP contribution in [-0.4, -0.2) is 29.3 Å². The summed E-state index contributed by atoms with van der Waals surface area (Å²) in [4.78, 5) is 0. The van der Waals surface area contributed by atoms with Crippen LogP contribution in [0.25, 0.3) is 0 Å². The number of hydrogen-bond donors (Lipinski definition) is 0. The predicted molar refractivity (Wildman–Crippen MR) is 69.9 cm³/mol. The zero-order valence-corrected chi connectivity index (χ0v) is 11.9. The average molecular weight is 242 g/mol. The molecule has 0 aromatic carbocycles. The van der Waals surface area contributed by atoms with E-state index in [1.807, 2.05) is 24.2 Å². The molecular weight excluding hydrogens is 219 g/mol. The van der Waals surface area contributed by atoms with Crippen LogP contribution >= 0.6 is 7.14 Å². The standard InChI is InChI=1S/C12H23N2OP/c1-12(2,3)11-9-13-14(10-11)7-6-8-16(4,5)15/h9-10H,6-8H2,1-5H3. The van der Waals surface area contributed by atoms with Gasteiger partial charge < -0.3 is 4.57 Å². The zero-order valence-electron chi connectivity index (χ0n) is 11.0. The van der Waals surface area contributed by atoms with Gasteiger partial charge in [-0.3, -0.25) is 4.68 Å². The number of rotatable bonds is 4. The van der Waals surface area contributed by atoms with Gasteiger partial charge in [0.2, 0.25) is 0 Å². The van der Waals surface area contributed by atoms with E-state index in [1.54, 1.807) is 0 Å². The second-order valence-electron chi connectivity index (χ2n) is 5.89. The minimum absolute atomic E-state index is 0.156. The Morgan fingerprint density at radius 3 is 2.44 bits per heavy atom. The molecule has 0 saturated carbocycles. The lowest BCUT2D eigenvalue weighted by atomic mass is 9.90. The molecular formula is C12H23N2OP. The topological polar surface area (TPSA) is 34.9 Å². The number of hydrogen-bond acceptors (Lipinski definition) is 2. The van der Waals surface area contributed by atoms with Crippen LogP contribution in [0.15, 0.2) is 12.4 Å². The van der Waals surface area contributed by atoms with Crippen molar-refractivity contribution in [3.8, 4) is 0 Å². The van der Waals surface area contributed by atoms with Gasteiger partial charge in [-0.15, -0.1) is 0 Å². The summed E-state index contributed by atoms with van der Waals surface area (Å²) in [5, 5.41) is 4.33. The van der Waals surface area contributed by atoms with Crippen LogP contribution in [0, 0.1) is 0 Å². The van der Waals surface area contributed by atoms with Gasteiger partial charge in [-0.25, -0.2) is 0 Å². The third-order valence-electron chi connectivity index (χ3n) is 2.58. The quantitative estimate of drug-likeness (QED) is 0.760. The van der Waals surface area contributed by atoms with Crippen molar-refractivity contribution in [2.75, 3.05) is 19.5 Å². The molecule has 0 N–H and O–H groups in total. The monoisotopic (exact) mass is 242 g/mol. The summed E-state index contributed by atoms with van der Waals surface area (Å²) in [5.74, 6) is 0. The summed E-state index contributed by atoms with van der Waals surface area (Å²) in [6.07, 6.45) is 5.76. The highest BCUT2D eigenvalue weighted by atomic mass is 31.2. The first-order chi connectivity index (χ1) is 7.18. The van der Waals surface area contributed by atoms with Crippen molar-refractivity contribution < 1.29 is 4.57 Å². The molecule has 0 saturated heterocycles. The fourth-order valence-corrected chi connectivity index (χ4v) is 2.39. The summed E-state index contributed by atoms with van der Waals surface area (Å²) in [6, 6.07) is 0. The smallest absolute Gasteiger partial charge is 0.0820 e. The van der Waals surface area contributed by atoms with Gasteiger partial charge in [0.15, 0.2) is 0 Å². The SMILES string of the molecule is CC(C)(C)c1cnn(CCCP(C)(C)=O)c1. The van der Waals surface area contributed by atoms with E-state index in [4.69, 9.17) is 0 Å².